The van der Waals surface area contributed by atoms with Gasteiger partial charge in [-0.15, -0.1) is 0 Å². The average Bonchev–Trinajstić information content (AvgIpc) is 3.37. The van der Waals surface area contributed by atoms with E-state index >= 15 is 0 Å². The predicted octanol–water partition coefficient (Wildman–Crippen LogP) is 18.3. The van der Waals surface area contributed by atoms with E-state index in [1.807, 2.05) is 0 Å². The molecule has 2 nitrogen and oxygen atoms in total. The van der Waals surface area contributed by atoms with Crippen LogP contribution in [-0.2, 0) is 0 Å². The standard InChI is InChI=1S/C64H50N2/c1-43-18-30-50(31-19-43)65(51-32-20-44(2)21-33-51)54-38-26-48(27-39-54)61-42-60(47-12-6-5-7-13-47)62(64-59-17-11-9-15-57(59)56-14-8-10-16-58(56)63(61)64)49-28-40-55(41-29-49)66(52-34-22-45(3)23-35-52)53-36-24-46(4)25-37-53/h5-42H,1-4H3. The average molecular weight is 847 g/mol. The SMILES string of the molecule is Cc1ccc(N(c2ccc(C)cc2)c2ccc(-c3cc(-c4ccccc4)c(-c4ccc(N(c5ccc(C)cc5)c5ccc(C)cc5)cc4)c4c5ccccc5c5ccccc5c34)cc2)cc1. The lowest BCUT2D eigenvalue weighted by molar-refractivity contribution is 1.27. The Morgan fingerprint density at radius 1 is 0.242 bits per heavy atom. The molecule has 0 saturated carbocycles. The van der Waals surface area contributed by atoms with E-state index in [9.17, 15) is 0 Å². The number of anilines is 6. The van der Waals surface area contributed by atoms with Crippen molar-refractivity contribution in [2.24, 2.45) is 0 Å². The van der Waals surface area contributed by atoms with Gasteiger partial charge in [0, 0.05) is 34.1 Å². The topological polar surface area (TPSA) is 6.48 Å². The van der Waals surface area contributed by atoms with Crippen LogP contribution >= 0.6 is 0 Å². The Kier molecular flexibility index (Phi) is 10.5. The summed E-state index contributed by atoms with van der Waals surface area (Å²) in [6.07, 6.45) is 0. The number of fused-ring (bicyclic) bond motifs is 6. The summed E-state index contributed by atoms with van der Waals surface area (Å²) in [4.78, 5) is 4.71. The minimum atomic E-state index is 1.11. The molecule has 0 bridgehead atoms. The summed E-state index contributed by atoms with van der Waals surface area (Å²) in [6, 6.07) is 85.1. The van der Waals surface area contributed by atoms with Gasteiger partial charge in [0.15, 0.2) is 0 Å². The molecule has 0 aliphatic carbocycles. The van der Waals surface area contributed by atoms with E-state index < -0.39 is 0 Å². The highest BCUT2D eigenvalue weighted by Gasteiger charge is 2.23. The second-order valence-electron chi connectivity index (χ2n) is 17.7. The van der Waals surface area contributed by atoms with Gasteiger partial charge in [-0.25, -0.2) is 0 Å². The Hall–Kier alpha value is -8.20. The Labute approximate surface area is 388 Å². The molecule has 0 N–H and O–H groups in total. The fourth-order valence-corrected chi connectivity index (χ4v) is 9.71. The van der Waals surface area contributed by atoms with Gasteiger partial charge < -0.3 is 9.80 Å². The molecule has 0 atom stereocenters. The first-order chi connectivity index (χ1) is 32.4. The maximum absolute atomic E-state index is 2.46. The summed E-state index contributed by atoms with van der Waals surface area (Å²) in [5.74, 6) is 0. The quantitative estimate of drug-likeness (QED) is 0.134. The molecule has 0 amide bonds. The molecule has 0 aliphatic rings. The fraction of sp³-hybridized carbons (Fsp3) is 0.0625. The zero-order chi connectivity index (χ0) is 44.7. The highest BCUT2D eigenvalue weighted by Crippen LogP contribution is 2.50. The van der Waals surface area contributed by atoms with Crippen LogP contribution in [0.5, 0.6) is 0 Å². The number of benzene rings is 11. The second-order valence-corrected chi connectivity index (χ2v) is 17.7. The van der Waals surface area contributed by atoms with E-state index in [-0.39, 0.29) is 0 Å². The van der Waals surface area contributed by atoms with Crippen LogP contribution in [-0.4, -0.2) is 0 Å². The van der Waals surface area contributed by atoms with E-state index in [4.69, 9.17) is 0 Å². The minimum absolute atomic E-state index is 1.11. The van der Waals surface area contributed by atoms with Crippen LogP contribution in [0.4, 0.5) is 34.1 Å². The van der Waals surface area contributed by atoms with Crippen LogP contribution in [0.2, 0.25) is 0 Å². The third-order valence-corrected chi connectivity index (χ3v) is 13.1. The Bertz CT molecular complexity index is 3410. The third-order valence-electron chi connectivity index (χ3n) is 13.1. The van der Waals surface area contributed by atoms with Gasteiger partial charge in [0.2, 0.25) is 0 Å². The lowest BCUT2D eigenvalue weighted by atomic mass is 9.81. The second kappa shape index (κ2) is 17.1. The van der Waals surface area contributed by atoms with Crippen molar-refractivity contribution in [3.05, 3.63) is 253 Å². The van der Waals surface area contributed by atoms with E-state index in [0.717, 1.165) is 34.1 Å². The first kappa shape index (κ1) is 40.6. The number of nitrogens with zero attached hydrogens (tertiary/aromatic N) is 2. The van der Waals surface area contributed by atoms with Gasteiger partial charge in [-0.05, 0) is 172 Å². The molecule has 0 spiro atoms. The zero-order valence-corrected chi connectivity index (χ0v) is 37.8. The maximum Gasteiger partial charge on any atom is 0.0462 e. The van der Waals surface area contributed by atoms with Gasteiger partial charge in [0.05, 0.1) is 0 Å². The van der Waals surface area contributed by atoms with Crippen molar-refractivity contribution in [3.63, 3.8) is 0 Å². The highest BCUT2D eigenvalue weighted by molar-refractivity contribution is 6.33. The molecule has 0 aromatic heterocycles. The summed E-state index contributed by atoms with van der Waals surface area (Å²) < 4.78 is 0. The van der Waals surface area contributed by atoms with Crippen molar-refractivity contribution in [2.45, 2.75) is 27.7 Å². The van der Waals surface area contributed by atoms with Gasteiger partial charge in [-0.2, -0.15) is 0 Å². The predicted molar refractivity (Wildman–Crippen MR) is 284 cm³/mol. The molecule has 0 fully saturated rings. The summed E-state index contributed by atoms with van der Waals surface area (Å²) in [7, 11) is 0. The first-order valence-electron chi connectivity index (χ1n) is 22.9. The maximum atomic E-state index is 2.46. The molecule has 0 heterocycles. The van der Waals surface area contributed by atoms with E-state index in [2.05, 4.69) is 268 Å². The summed E-state index contributed by atoms with van der Waals surface area (Å²) in [5.41, 5.74) is 18.8. The fourth-order valence-electron chi connectivity index (χ4n) is 9.71. The largest absolute Gasteiger partial charge is 0.311 e. The molecular formula is C64H50N2. The van der Waals surface area contributed by atoms with Crippen molar-refractivity contribution < 1.29 is 0 Å². The van der Waals surface area contributed by atoms with Crippen molar-refractivity contribution in [2.75, 3.05) is 9.80 Å². The van der Waals surface area contributed by atoms with Crippen LogP contribution in [0, 0.1) is 27.7 Å². The summed E-state index contributed by atoms with van der Waals surface area (Å²) >= 11 is 0. The molecule has 316 valence electrons. The molecule has 2 heteroatoms. The number of hydrogen-bond donors (Lipinski definition) is 0. The molecule has 0 unspecified atom stereocenters. The Morgan fingerprint density at radius 3 is 0.939 bits per heavy atom. The Balaban J connectivity index is 1.15. The van der Waals surface area contributed by atoms with Crippen LogP contribution in [0.1, 0.15) is 22.3 Å². The van der Waals surface area contributed by atoms with Crippen LogP contribution in [0.3, 0.4) is 0 Å². The smallest absolute Gasteiger partial charge is 0.0462 e. The van der Waals surface area contributed by atoms with E-state index in [1.165, 1.54) is 88.0 Å². The molecule has 11 rings (SSSR count). The lowest BCUT2D eigenvalue weighted by Crippen LogP contribution is -2.10. The van der Waals surface area contributed by atoms with Gasteiger partial charge >= 0.3 is 0 Å². The third kappa shape index (κ3) is 7.47. The van der Waals surface area contributed by atoms with Gasteiger partial charge in [-0.3, -0.25) is 0 Å². The van der Waals surface area contributed by atoms with E-state index in [0.29, 0.717) is 0 Å². The molecular weight excluding hydrogens is 797 g/mol. The molecule has 11 aromatic carbocycles. The molecule has 66 heavy (non-hydrogen) atoms. The summed E-state index contributed by atoms with van der Waals surface area (Å²) in [5, 5.41) is 7.50. The van der Waals surface area contributed by atoms with Gasteiger partial charge in [-0.1, -0.05) is 174 Å². The van der Waals surface area contributed by atoms with Crippen molar-refractivity contribution in [1.82, 2.24) is 0 Å². The lowest BCUT2D eigenvalue weighted by Gasteiger charge is -2.27. The molecule has 11 aromatic rings. The zero-order valence-electron chi connectivity index (χ0n) is 37.8. The molecule has 0 aliphatic heterocycles. The van der Waals surface area contributed by atoms with Crippen molar-refractivity contribution in [3.8, 4) is 33.4 Å². The first-order valence-corrected chi connectivity index (χ1v) is 22.9. The van der Waals surface area contributed by atoms with Crippen LogP contribution in [0.15, 0.2) is 231 Å². The molecule has 0 radical (unpaired) electrons. The Morgan fingerprint density at radius 2 is 0.545 bits per heavy atom. The normalized spacial score (nSPS) is 11.3. The number of rotatable bonds is 9. The van der Waals surface area contributed by atoms with Crippen LogP contribution in [0.25, 0.3) is 65.7 Å². The summed E-state index contributed by atoms with van der Waals surface area (Å²) in [6.45, 7) is 8.57. The monoisotopic (exact) mass is 846 g/mol. The van der Waals surface area contributed by atoms with E-state index in [1.54, 1.807) is 0 Å². The van der Waals surface area contributed by atoms with Crippen LogP contribution < -0.4 is 9.80 Å². The van der Waals surface area contributed by atoms with Gasteiger partial charge in [0.1, 0.15) is 0 Å². The number of hydrogen-bond acceptors (Lipinski definition) is 2. The van der Waals surface area contributed by atoms with Crippen molar-refractivity contribution in [1.29, 1.82) is 0 Å². The number of aryl methyl sites for hydroxylation is 4. The van der Waals surface area contributed by atoms with Gasteiger partial charge in [0.25, 0.3) is 0 Å². The van der Waals surface area contributed by atoms with Crippen molar-refractivity contribution >= 4 is 66.4 Å². The molecule has 0 saturated heterocycles. The minimum Gasteiger partial charge on any atom is -0.311 e. The highest BCUT2D eigenvalue weighted by atomic mass is 15.1.